The predicted octanol–water partition coefficient (Wildman–Crippen LogP) is 1.61. The molecule has 8 nitrogen and oxygen atoms in total. The lowest BCUT2D eigenvalue weighted by atomic mass is 10.2. The number of anilines is 1. The van der Waals surface area contributed by atoms with Gasteiger partial charge in [0.2, 0.25) is 0 Å². The van der Waals surface area contributed by atoms with Crippen LogP contribution in [0.15, 0.2) is 48.8 Å². The quantitative estimate of drug-likeness (QED) is 0.588. The van der Waals surface area contributed by atoms with Crippen molar-refractivity contribution in [1.82, 2.24) is 30.1 Å². The molecule has 4 heterocycles. The van der Waals surface area contributed by atoms with E-state index in [0.29, 0.717) is 5.69 Å². The summed E-state index contributed by atoms with van der Waals surface area (Å²) in [4.78, 5) is 17.9. The van der Waals surface area contributed by atoms with E-state index in [4.69, 9.17) is 0 Å². The Morgan fingerprint density at radius 1 is 1.23 bits per heavy atom. The molecule has 0 bridgehead atoms. The van der Waals surface area contributed by atoms with Gasteiger partial charge < -0.3 is 15.2 Å². The van der Waals surface area contributed by atoms with Crippen LogP contribution in [0.2, 0.25) is 0 Å². The molecular formula is C18H17N7O. The first-order chi connectivity index (χ1) is 12.8. The number of rotatable bonds is 3. The number of aromatic nitrogens is 5. The maximum absolute atomic E-state index is 12.6. The highest BCUT2D eigenvalue weighted by Gasteiger charge is 2.26. The Morgan fingerprint density at radius 2 is 2.15 bits per heavy atom. The van der Waals surface area contributed by atoms with E-state index in [0.717, 1.165) is 41.9 Å². The molecule has 2 N–H and O–H groups in total. The minimum absolute atomic E-state index is 0.0738. The second kappa shape index (κ2) is 5.83. The average molecular weight is 347 g/mol. The number of nitrogens with zero attached hydrogens (tertiary/aromatic N) is 5. The number of hydrogen-bond acceptors (Lipinski definition) is 5. The SMILES string of the molecule is O=C(N[C@H]1CCN(c2ccc3nncn3n2)C1)c1cc2ccccc2[nH]1. The molecule has 3 aromatic heterocycles. The third-order valence-corrected chi connectivity index (χ3v) is 4.77. The van der Waals surface area contributed by atoms with Gasteiger partial charge in [-0.2, -0.15) is 4.52 Å². The van der Waals surface area contributed by atoms with Crippen molar-refractivity contribution in [1.29, 1.82) is 0 Å². The molecule has 1 aliphatic rings. The summed E-state index contributed by atoms with van der Waals surface area (Å²) in [6, 6.07) is 13.7. The van der Waals surface area contributed by atoms with Crippen LogP contribution in [-0.2, 0) is 0 Å². The van der Waals surface area contributed by atoms with Crippen molar-refractivity contribution in [3.8, 4) is 0 Å². The highest BCUT2D eigenvalue weighted by molar-refractivity contribution is 5.98. The van der Waals surface area contributed by atoms with Crippen molar-refractivity contribution >= 4 is 28.3 Å². The molecule has 0 spiro atoms. The number of carbonyl (C=O) groups is 1. The summed E-state index contributed by atoms with van der Waals surface area (Å²) in [6.07, 6.45) is 2.47. The largest absolute Gasteiger partial charge is 0.353 e. The van der Waals surface area contributed by atoms with E-state index < -0.39 is 0 Å². The van der Waals surface area contributed by atoms with Crippen LogP contribution in [0.5, 0.6) is 0 Å². The van der Waals surface area contributed by atoms with Gasteiger partial charge in [0.15, 0.2) is 5.65 Å². The van der Waals surface area contributed by atoms with Crippen molar-refractivity contribution in [2.45, 2.75) is 12.5 Å². The Labute approximate surface area is 148 Å². The number of para-hydroxylation sites is 1. The van der Waals surface area contributed by atoms with Crippen LogP contribution in [0.3, 0.4) is 0 Å². The first-order valence-corrected chi connectivity index (χ1v) is 8.57. The maximum atomic E-state index is 12.6. The molecule has 1 amide bonds. The molecule has 130 valence electrons. The molecule has 0 radical (unpaired) electrons. The van der Waals surface area contributed by atoms with Crippen molar-refractivity contribution in [2.24, 2.45) is 0 Å². The summed E-state index contributed by atoms with van der Waals surface area (Å²) >= 11 is 0. The molecule has 5 rings (SSSR count). The molecule has 0 saturated carbocycles. The number of nitrogens with one attached hydrogen (secondary N) is 2. The van der Waals surface area contributed by atoms with Crippen molar-refractivity contribution in [2.75, 3.05) is 18.0 Å². The zero-order chi connectivity index (χ0) is 17.5. The van der Waals surface area contributed by atoms with Crippen LogP contribution in [0.1, 0.15) is 16.9 Å². The van der Waals surface area contributed by atoms with Gasteiger partial charge in [-0.05, 0) is 30.7 Å². The van der Waals surface area contributed by atoms with E-state index >= 15 is 0 Å². The Hall–Kier alpha value is -3.42. The first kappa shape index (κ1) is 14.9. The number of aromatic amines is 1. The number of benzene rings is 1. The molecule has 0 aliphatic carbocycles. The van der Waals surface area contributed by atoms with Crippen molar-refractivity contribution in [3.05, 3.63) is 54.5 Å². The smallest absolute Gasteiger partial charge is 0.268 e. The lowest BCUT2D eigenvalue weighted by Crippen LogP contribution is -2.37. The van der Waals surface area contributed by atoms with Gasteiger partial charge in [0, 0.05) is 30.0 Å². The normalized spacial score (nSPS) is 17.2. The standard InChI is InChI=1S/C18H17N7O/c26-18(15-9-12-3-1-2-4-14(12)21-15)20-13-7-8-24(10-13)17-6-5-16-22-19-11-25(16)23-17/h1-6,9,11,13,21H,7-8,10H2,(H,20,26)/t13-/m0/s1. The Balaban J connectivity index is 1.28. The first-order valence-electron chi connectivity index (χ1n) is 8.57. The van der Waals surface area contributed by atoms with E-state index in [1.807, 2.05) is 42.5 Å². The molecule has 4 aromatic rings. The number of carbonyl (C=O) groups excluding carboxylic acids is 1. The summed E-state index contributed by atoms with van der Waals surface area (Å²) in [5.74, 6) is 0.787. The molecule has 1 fully saturated rings. The fourth-order valence-electron chi connectivity index (χ4n) is 3.43. The minimum atomic E-state index is -0.0738. The van der Waals surface area contributed by atoms with Crippen LogP contribution < -0.4 is 10.2 Å². The molecule has 0 unspecified atom stereocenters. The number of fused-ring (bicyclic) bond motifs is 2. The van der Waals surface area contributed by atoms with Crippen LogP contribution in [0.25, 0.3) is 16.6 Å². The van der Waals surface area contributed by atoms with Gasteiger partial charge in [0.1, 0.15) is 17.8 Å². The van der Waals surface area contributed by atoms with E-state index in [1.54, 1.807) is 10.8 Å². The molecule has 8 heteroatoms. The van der Waals surface area contributed by atoms with Gasteiger partial charge in [0.05, 0.1) is 0 Å². The monoisotopic (exact) mass is 347 g/mol. The fourth-order valence-corrected chi connectivity index (χ4v) is 3.43. The van der Waals surface area contributed by atoms with E-state index in [1.165, 1.54) is 0 Å². The number of hydrogen-bond donors (Lipinski definition) is 2. The van der Waals surface area contributed by atoms with Gasteiger partial charge >= 0.3 is 0 Å². The zero-order valence-electron chi connectivity index (χ0n) is 14.0. The number of H-pyrrole nitrogens is 1. The third kappa shape index (κ3) is 2.55. The van der Waals surface area contributed by atoms with Gasteiger partial charge in [-0.3, -0.25) is 4.79 Å². The molecule has 1 aliphatic heterocycles. The van der Waals surface area contributed by atoms with Gasteiger partial charge in [-0.25, -0.2) is 0 Å². The van der Waals surface area contributed by atoms with Crippen molar-refractivity contribution in [3.63, 3.8) is 0 Å². The molecule has 1 aromatic carbocycles. The molecule has 1 atom stereocenters. The van der Waals surface area contributed by atoms with Gasteiger partial charge in [-0.15, -0.1) is 15.3 Å². The Morgan fingerprint density at radius 3 is 3.08 bits per heavy atom. The summed E-state index contributed by atoms with van der Waals surface area (Å²) in [7, 11) is 0. The summed E-state index contributed by atoms with van der Waals surface area (Å²) in [6.45, 7) is 1.57. The minimum Gasteiger partial charge on any atom is -0.353 e. The fraction of sp³-hybridized carbons (Fsp3) is 0.222. The van der Waals surface area contributed by atoms with Crippen LogP contribution in [0.4, 0.5) is 5.82 Å². The lowest BCUT2D eigenvalue weighted by Gasteiger charge is -2.17. The summed E-state index contributed by atoms with van der Waals surface area (Å²) < 4.78 is 1.66. The van der Waals surface area contributed by atoms with Crippen molar-refractivity contribution < 1.29 is 4.79 Å². The summed E-state index contributed by atoms with van der Waals surface area (Å²) in [5, 5.41) is 16.5. The second-order valence-electron chi connectivity index (χ2n) is 6.50. The molecular weight excluding hydrogens is 330 g/mol. The van der Waals surface area contributed by atoms with Gasteiger partial charge in [-0.1, -0.05) is 18.2 Å². The van der Waals surface area contributed by atoms with E-state index in [-0.39, 0.29) is 11.9 Å². The lowest BCUT2D eigenvalue weighted by molar-refractivity contribution is 0.0936. The van der Waals surface area contributed by atoms with E-state index in [9.17, 15) is 4.79 Å². The Kier molecular flexibility index (Phi) is 3.34. The molecule has 26 heavy (non-hydrogen) atoms. The second-order valence-corrected chi connectivity index (χ2v) is 6.50. The molecule has 1 saturated heterocycles. The third-order valence-electron chi connectivity index (χ3n) is 4.77. The zero-order valence-corrected chi connectivity index (χ0v) is 14.0. The Bertz CT molecular complexity index is 1070. The van der Waals surface area contributed by atoms with Gasteiger partial charge in [0.25, 0.3) is 5.91 Å². The highest BCUT2D eigenvalue weighted by Crippen LogP contribution is 2.19. The number of amides is 1. The topological polar surface area (TPSA) is 91.2 Å². The maximum Gasteiger partial charge on any atom is 0.268 e. The van der Waals surface area contributed by atoms with Crippen LogP contribution in [0, 0.1) is 0 Å². The highest BCUT2D eigenvalue weighted by atomic mass is 16.2. The van der Waals surface area contributed by atoms with Crippen LogP contribution in [-0.4, -0.2) is 49.8 Å². The van der Waals surface area contributed by atoms with Crippen LogP contribution >= 0.6 is 0 Å². The predicted molar refractivity (Wildman–Crippen MR) is 97.2 cm³/mol. The average Bonchev–Trinajstić information content (AvgIpc) is 3.39. The van der Waals surface area contributed by atoms with E-state index in [2.05, 4.69) is 30.5 Å². The summed E-state index contributed by atoms with van der Waals surface area (Å²) in [5.41, 5.74) is 2.28.